The second kappa shape index (κ2) is 4.78. The van der Waals surface area contributed by atoms with Crippen molar-refractivity contribution in [1.29, 1.82) is 0 Å². The van der Waals surface area contributed by atoms with Gasteiger partial charge in [0.1, 0.15) is 0 Å². The minimum Gasteiger partial charge on any atom is -0.282 e. The highest BCUT2D eigenvalue weighted by Crippen LogP contribution is 2.29. The molecular formula is C13H20O3S. The Balaban J connectivity index is 3.27. The number of hydrogen-bond donors (Lipinski definition) is 1. The zero-order valence-corrected chi connectivity index (χ0v) is 11.6. The van der Waals surface area contributed by atoms with E-state index in [-0.39, 0.29) is 10.3 Å². The van der Waals surface area contributed by atoms with E-state index >= 15 is 0 Å². The second-order valence-corrected chi connectivity index (χ2v) is 6.67. The first-order chi connectivity index (χ1) is 7.65. The quantitative estimate of drug-likeness (QED) is 0.841. The Morgan fingerprint density at radius 3 is 2.35 bits per heavy atom. The van der Waals surface area contributed by atoms with Crippen molar-refractivity contribution in [3.8, 4) is 0 Å². The van der Waals surface area contributed by atoms with E-state index < -0.39 is 10.1 Å². The van der Waals surface area contributed by atoms with Crippen molar-refractivity contribution in [3.05, 3.63) is 29.3 Å². The Kier molecular flexibility index (Phi) is 3.99. The average molecular weight is 256 g/mol. The molecule has 0 aromatic heterocycles. The van der Waals surface area contributed by atoms with Crippen LogP contribution in [0.2, 0.25) is 0 Å². The molecule has 0 saturated heterocycles. The lowest BCUT2D eigenvalue weighted by Gasteiger charge is -2.23. The highest BCUT2D eigenvalue weighted by molar-refractivity contribution is 7.85. The minimum absolute atomic E-state index is 0.0211. The molecule has 0 aliphatic heterocycles. The maximum Gasteiger partial charge on any atom is 0.294 e. The fraction of sp³-hybridized carbons (Fsp3) is 0.538. The molecule has 0 amide bonds. The molecule has 0 fully saturated rings. The minimum atomic E-state index is -4.13. The third-order valence-corrected chi connectivity index (χ3v) is 4.07. The first kappa shape index (κ1) is 14.2. The van der Waals surface area contributed by atoms with Crippen molar-refractivity contribution in [3.63, 3.8) is 0 Å². The molecule has 0 unspecified atom stereocenters. The Hall–Kier alpha value is -0.870. The summed E-state index contributed by atoms with van der Waals surface area (Å²) in [4.78, 5) is 0.0321. The fourth-order valence-electron chi connectivity index (χ4n) is 1.74. The van der Waals surface area contributed by atoms with Crippen LogP contribution in [-0.2, 0) is 16.5 Å². The fourth-order valence-corrected chi connectivity index (χ4v) is 2.44. The number of aryl methyl sites for hydroxylation is 1. The molecular weight excluding hydrogens is 236 g/mol. The van der Waals surface area contributed by atoms with Crippen molar-refractivity contribution in [2.45, 2.75) is 45.4 Å². The SMILES string of the molecule is CCC(C)(C)Cc1cc(C)ccc1S(=O)(=O)O. The topological polar surface area (TPSA) is 54.4 Å². The van der Waals surface area contributed by atoms with Gasteiger partial charge in [0.2, 0.25) is 0 Å². The molecule has 1 rings (SSSR count). The first-order valence-corrected chi connectivity index (χ1v) is 7.17. The van der Waals surface area contributed by atoms with Crippen LogP contribution in [0.15, 0.2) is 23.1 Å². The van der Waals surface area contributed by atoms with E-state index in [1.54, 1.807) is 6.07 Å². The standard InChI is InChI=1S/C13H20O3S/c1-5-13(3,4)9-11-8-10(2)6-7-12(11)17(14,15)16/h6-8H,5,9H2,1-4H3,(H,14,15,16). The zero-order chi connectivity index (χ0) is 13.3. The van der Waals surface area contributed by atoms with E-state index in [9.17, 15) is 13.0 Å². The van der Waals surface area contributed by atoms with Crippen LogP contribution in [-0.4, -0.2) is 13.0 Å². The summed E-state index contributed by atoms with van der Waals surface area (Å²) >= 11 is 0. The molecule has 0 aliphatic rings. The van der Waals surface area contributed by atoms with Gasteiger partial charge in [0, 0.05) is 0 Å². The molecule has 4 heteroatoms. The van der Waals surface area contributed by atoms with Gasteiger partial charge in [0.15, 0.2) is 0 Å². The molecule has 0 atom stereocenters. The van der Waals surface area contributed by atoms with Crippen LogP contribution in [0.25, 0.3) is 0 Å². The van der Waals surface area contributed by atoms with Gasteiger partial charge < -0.3 is 0 Å². The summed E-state index contributed by atoms with van der Waals surface area (Å²) < 4.78 is 31.8. The predicted molar refractivity (Wildman–Crippen MR) is 68.8 cm³/mol. The summed E-state index contributed by atoms with van der Waals surface area (Å²) in [6.07, 6.45) is 1.59. The Morgan fingerprint density at radius 2 is 1.88 bits per heavy atom. The largest absolute Gasteiger partial charge is 0.294 e. The van der Waals surface area contributed by atoms with Crippen LogP contribution in [0.4, 0.5) is 0 Å². The van der Waals surface area contributed by atoms with Crippen molar-refractivity contribution in [1.82, 2.24) is 0 Å². The molecule has 0 saturated carbocycles. The van der Waals surface area contributed by atoms with Gasteiger partial charge in [0.25, 0.3) is 10.1 Å². The van der Waals surface area contributed by atoms with Crippen LogP contribution in [0.3, 0.4) is 0 Å². The van der Waals surface area contributed by atoms with Gasteiger partial charge in [-0.25, -0.2) is 0 Å². The van der Waals surface area contributed by atoms with Crippen molar-refractivity contribution in [2.75, 3.05) is 0 Å². The monoisotopic (exact) mass is 256 g/mol. The van der Waals surface area contributed by atoms with Crippen LogP contribution in [0.1, 0.15) is 38.3 Å². The molecule has 17 heavy (non-hydrogen) atoms. The molecule has 1 aromatic rings. The Morgan fingerprint density at radius 1 is 1.29 bits per heavy atom. The number of hydrogen-bond acceptors (Lipinski definition) is 2. The van der Waals surface area contributed by atoms with Gasteiger partial charge in [-0.15, -0.1) is 0 Å². The zero-order valence-electron chi connectivity index (χ0n) is 10.8. The summed E-state index contributed by atoms with van der Waals surface area (Å²) in [5, 5.41) is 0. The van der Waals surface area contributed by atoms with Crippen molar-refractivity contribution >= 4 is 10.1 Å². The van der Waals surface area contributed by atoms with E-state index in [1.165, 1.54) is 6.07 Å². The molecule has 0 spiro atoms. The third-order valence-electron chi connectivity index (χ3n) is 3.12. The van der Waals surface area contributed by atoms with Crippen LogP contribution in [0.5, 0.6) is 0 Å². The van der Waals surface area contributed by atoms with E-state index in [1.807, 2.05) is 13.0 Å². The molecule has 0 heterocycles. The summed E-state index contributed by atoms with van der Waals surface area (Å²) in [6, 6.07) is 5.01. The molecule has 1 aromatic carbocycles. The van der Waals surface area contributed by atoms with Gasteiger partial charge in [-0.3, -0.25) is 4.55 Å². The van der Waals surface area contributed by atoms with Gasteiger partial charge in [-0.2, -0.15) is 8.42 Å². The molecule has 1 N–H and O–H groups in total. The Bertz CT molecular complexity index is 501. The van der Waals surface area contributed by atoms with Gasteiger partial charge in [-0.1, -0.05) is 44.9 Å². The van der Waals surface area contributed by atoms with Crippen LogP contribution >= 0.6 is 0 Å². The number of benzene rings is 1. The maximum atomic E-state index is 11.3. The second-order valence-electron chi connectivity index (χ2n) is 5.28. The van der Waals surface area contributed by atoms with Crippen LogP contribution in [0, 0.1) is 12.3 Å². The number of rotatable bonds is 4. The first-order valence-electron chi connectivity index (χ1n) is 5.73. The predicted octanol–water partition coefficient (Wildman–Crippen LogP) is 3.22. The smallest absolute Gasteiger partial charge is 0.282 e. The summed E-state index contributed by atoms with van der Waals surface area (Å²) in [6.45, 7) is 8.16. The van der Waals surface area contributed by atoms with Crippen LogP contribution < -0.4 is 0 Å². The molecule has 0 bridgehead atoms. The lowest BCUT2D eigenvalue weighted by Crippen LogP contribution is -2.16. The highest BCUT2D eigenvalue weighted by Gasteiger charge is 2.22. The maximum absolute atomic E-state index is 11.3. The lowest BCUT2D eigenvalue weighted by molar-refractivity contribution is 0.346. The Labute approximate surface area is 104 Å². The van der Waals surface area contributed by atoms with Gasteiger partial charge in [-0.05, 0) is 30.4 Å². The van der Waals surface area contributed by atoms with E-state index in [0.29, 0.717) is 12.0 Å². The summed E-state index contributed by atoms with van der Waals surface area (Å²) in [5.41, 5.74) is 1.71. The van der Waals surface area contributed by atoms with E-state index in [0.717, 1.165) is 12.0 Å². The van der Waals surface area contributed by atoms with E-state index in [4.69, 9.17) is 0 Å². The third kappa shape index (κ3) is 3.82. The van der Waals surface area contributed by atoms with Crippen molar-refractivity contribution < 1.29 is 13.0 Å². The lowest BCUT2D eigenvalue weighted by atomic mass is 9.83. The summed E-state index contributed by atoms with van der Waals surface area (Å²) in [5.74, 6) is 0. The normalized spacial score (nSPS) is 12.8. The summed E-state index contributed by atoms with van der Waals surface area (Å²) in [7, 11) is -4.13. The average Bonchev–Trinajstić information content (AvgIpc) is 2.15. The van der Waals surface area contributed by atoms with Gasteiger partial charge in [0.05, 0.1) is 4.90 Å². The molecule has 3 nitrogen and oxygen atoms in total. The van der Waals surface area contributed by atoms with Crippen molar-refractivity contribution in [2.24, 2.45) is 5.41 Å². The highest BCUT2D eigenvalue weighted by atomic mass is 32.2. The van der Waals surface area contributed by atoms with Gasteiger partial charge >= 0.3 is 0 Å². The molecule has 0 radical (unpaired) electrons. The molecule has 0 aliphatic carbocycles. The molecule has 96 valence electrons. The van der Waals surface area contributed by atoms with E-state index in [2.05, 4.69) is 20.8 Å².